The highest BCUT2D eigenvalue weighted by Crippen LogP contribution is 2.02. The summed E-state index contributed by atoms with van der Waals surface area (Å²) in [6.45, 7) is 1.46. The van der Waals surface area contributed by atoms with Crippen molar-refractivity contribution in [2.45, 2.75) is 25.9 Å². The Morgan fingerprint density at radius 1 is 1.50 bits per heavy atom. The highest BCUT2D eigenvalue weighted by molar-refractivity contribution is 7.99. The molecule has 92 valence electrons. The van der Waals surface area contributed by atoms with Crippen LogP contribution in [-0.2, 0) is 9.59 Å². The zero-order chi connectivity index (χ0) is 12.4. The first-order valence-electron chi connectivity index (χ1n) is 4.91. The van der Waals surface area contributed by atoms with Crippen molar-refractivity contribution < 1.29 is 19.8 Å². The topological polar surface area (TPSA) is 86.6 Å². The Morgan fingerprint density at radius 3 is 2.75 bits per heavy atom. The summed E-state index contributed by atoms with van der Waals surface area (Å²) in [7, 11) is 0. The smallest absolute Gasteiger partial charge is 0.306 e. The maximum atomic E-state index is 10.5. The second-order valence-electron chi connectivity index (χ2n) is 3.17. The lowest BCUT2D eigenvalue weighted by atomic mass is 10.2. The molecular weight excluding hydrogens is 230 g/mol. The molecule has 0 saturated heterocycles. The number of hydrogen-bond donors (Lipinski definition) is 3. The van der Waals surface area contributed by atoms with Crippen LogP contribution < -0.4 is 5.32 Å². The van der Waals surface area contributed by atoms with Crippen LogP contribution >= 0.6 is 11.8 Å². The largest absolute Gasteiger partial charge is 0.481 e. The number of carboxylic acid groups (broad SMARTS) is 1. The Bertz CT molecular complexity index is 255. The summed E-state index contributed by atoms with van der Waals surface area (Å²) in [5, 5.41) is 20.2. The van der Waals surface area contributed by atoms with Crippen LogP contribution in [0, 0.1) is 0 Å². The SMILES string of the molecule is CC(=O)NCSCCC=CC(O)CC(=O)O. The average Bonchev–Trinajstić information content (AvgIpc) is 2.14. The molecule has 0 bridgehead atoms. The van der Waals surface area contributed by atoms with Gasteiger partial charge in [0.2, 0.25) is 5.91 Å². The van der Waals surface area contributed by atoms with Gasteiger partial charge in [0.1, 0.15) is 0 Å². The van der Waals surface area contributed by atoms with Gasteiger partial charge in [-0.3, -0.25) is 9.59 Å². The Labute approximate surface area is 98.9 Å². The Morgan fingerprint density at radius 2 is 2.19 bits per heavy atom. The number of rotatable bonds is 8. The van der Waals surface area contributed by atoms with Gasteiger partial charge in [-0.2, -0.15) is 0 Å². The van der Waals surface area contributed by atoms with Gasteiger partial charge >= 0.3 is 5.97 Å². The molecule has 0 aromatic rings. The first kappa shape index (κ1) is 15.0. The lowest BCUT2D eigenvalue weighted by Crippen LogP contribution is -2.18. The molecule has 3 N–H and O–H groups in total. The predicted molar refractivity (Wildman–Crippen MR) is 63.2 cm³/mol. The molecule has 5 nitrogen and oxygen atoms in total. The van der Waals surface area contributed by atoms with E-state index < -0.39 is 12.1 Å². The Kier molecular flexibility index (Phi) is 8.65. The molecule has 0 heterocycles. The summed E-state index contributed by atoms with van der Waals surface area (Å²) in [6.07, 6.45) is 2.77. The number of thioether (sulfide) groups is 1. The van der Waals surface area contributed by atoms with Crippen molar-refractivity contribution >= 4 is 23.6 Å². The first-order chi connectivity index (χ1) is 7.52. The summed E-state index contributed by atoms with van der Waals surface area (Å²) in [5.41, 5.74) is 0. The number of nitrogens with one attached hydrogen (secondary N) is 1. The Balaban J connectivity index is 3.40. The molecular formula is C10H17NO4S. The van der Waals surface area contributed by atoms with Crippen LogP contribution in [-0.4, -0.2) is 39.8 Å². The maximum absolute atomic E-state index is 10.5. The van der Waals surface area contributed by atoms with Crippen LogP contribution in [0.15, 0.2) is 12.2 Å². The second-order valence-corrected chi connectivity index (χ2v) is 4.27. The maximum Gasteiger partial charge on any atom is 0.306 e. The third kappa shape index (κ3) is 11.1. The highest BCUT2D eigenvalue weighted by atomic mass is 32.2. The van der Waals surface area contributed by atoms with Gasteiger partial charge in [0.05, 0.1) is 18.4 Å². The van der Waals surface area contributed by atoms with Crippen LogP contribution in [0.25, 0.3) is 0 Å². The van der Waals surface area contributed by atoms with Crippen LogP contribution in [0.5, 0.6) is 0 Å². The molecule has 1 atom stereocenters. The van der Waals surface area contributed by atoms with Crippen molar-refractivity contribution in [1.29, 1.82) is 0 Å². The summed E-state index contributed by atoms with van der Waals surface area (Å²) in [4.78, 5) is 20.7. The molecule has 0 fully saturated rings. The van der Waals surface area contributed by atoms with Gasteiger partial charge in [0.25, 0.3) is 0 Å². The molecule has 16 heavy (non-hydrogen) atoms. The van der Waals surface area contributed by atoms with E-state index in [4.69, 9.17) is 10.2 Å². The number of aliphatic hydroxyl groups is 1. The molecule has 0 spiro atoms. The summed E-state index contributed by atoms with van der Waals surface area (Å²) >= 11 is 1.57. The second kappa shape index (κ2) is 9.23. The molecule has 1 amide bonds. The van der Waals surface area contributed by atoms with Gasteiger partial charge in [-0.25, -0.2) is 0 Å². The van der Waals surface area contributed by atoms with Gasteiger partial charge in [-0.15, -0.1) is 11.8 Å². The lowest BCUT2D eigenvalue weighted by molar-refractivity contribution is -0.138. The van der Waals surface area contributed by atoms with E-state index in [1.807, 2.05) is 0 Å². The van der Waals surface area contributed by atoms with E-state index in [0.717, 1.165) is 12.2 Å². The normalized spacial score (nSPS) is 12.6. The molecule has 0 rings (SSSR count). The number of allylic oxidation sites excluding steroid dienone is 1. The molecule has 0 aliphatic rings. The van der Waals surface area contributed by atoms with Crippen molar-refractivity contribution in [3.8, 4) is 0 Å². The van der Waals surface area contributed by atoms with Crippen LogP contribution in [0.4, 0.5) is 0 Å². The van der Waals surface area contributed by atoms with Crippen molar-refractivity contribution in [2.75, 3.05) is 11.6 Å². The number of amides is 1. The molecule has 0 radical (unpaired) electrons. The summed E-state index contributed by atoms with van der Waals surface area (Å²) < 4.78 is 0. The molecule has 0 aromatic carbocycles. The predicted octanol–water partition coefficient (Wildman–Crippen LogP) is 0.595. The van der Waals surface area contributed by atoms with Crippen molar-refractivity contribution in [3.63, 3.8) is 0 Å². The zero-order valence-corrected chi connectivity index (χ0v) is 10.00. The number of carboxylic acids is 1. The van der Waals surface area contributed by atoms with E-state index in [2.05, 4.69) is 5.32 Å². The quantitative estimate of drug-likeness (QED) is 0.332. The summed E-state index contributed by atoms with van der Waals surface area (Å²) in [5.74, 6) is 0.314. The minimum Gasteiger partial charge on any atom is -0.481 e. The molecule has 0 aliphatic carbocycles. The van der Waals surface area contributed by atoms with E-state index in [-0.39, 0.29) is 12.3 Å². The highest BCUT2D eigenvalue weighted by Gasteiger charge is 2.04. The summed E-state index contributed by atoms with van der Waals surface area (Å²) in [6, 6.07) is 0. The van der Waals surface area contributed by atoms with E-state index in [9.17, 15) is 9.59 Å². The standard InChI is InChI=1S/C10H17NO4S/c1-8(12)11-7-16-5-3-2-4-9(13)6-10(14)15/h2,4,9,13H,3,5-7H2,1H3,(H,11,12)(H,14,15). The number of carbonyl (C=O) groups is 2. The minimum absolute atomic E-state index is 0.0556. The van der Waals surface area contributed by atoms with Crippen molar-refractivity contribution in [3.05, 3.63) is 12.2 Å². The fourth-order valence-corrected chi connectivity index (χ4v) is 1.63. The molecule has 0 aliphatic heterocycles. The number of carbonyl (C=O) groups excluding carboxylic acids is 1. The number of aliphatic hydroxyl groups excluding tert-OH is 1. The van der Waals surface area contributed by atoms with Gasteiger partial charge < -0.3 is 15.5 Å². The van der Waals surface area contributed by atoms with Gasteiger partial charge in [-0.05, 0) is 12.2 Å². The molecule has 0 saturated carbocycles. The molecule has 6 heteroatoms. The number of aliphatic carboxylic acids is 1. The monoisotopic (exact) mass is 247 g/mol. The van der Waals surface area contributed by atoms with Gasteiger partial charge in [0, 0.05) is 6.92 Å². The van der Waals surface area contributed by atoms with Gasteiger partial charge in [-0.1, -0.05) is 12.2 Å². The van der Waals surface area contributed by atoms with Crippen LogP contribution in [0.2, 0.25) is 0 Å². The minimum atomic E-state index is -1.02. The Hall–Kier alpha value is -1.01. The molecule has 1 unspecified atom stereocenters. The zero-order valence-electron chi connectivity index (χ0n) is 9.18. The third-order valence-corrected chi connectivity index (χ3v) is 2.47. The average molecular weight is 247 g/mol. The lowest BCUT2D eigenvalue weighted by Gasteiger charge is -2.01. The third-order valence-electron chi connectivity index (χ3n) is 1.59. The van der Waals surface area contributed by atoms with E-state index in [0.29, 0.717) is 5.88 Å². The number of hydrogen-bond acceptors (Lipinski definition) is 4. The fourth-order valence-electron chi connectivity index (χ4n) is 0.876. The van der Waals surface area contributed by atoms with Crippen molar-refractivity contribution in [1.82, 2.24) is 5.32 Å². The van der Waals surface area contributed by atoms with E-state index >= 15 is 0 Å². The molecule has 0 aromatic heterocycles. The van der Waals surface area contributed by atoms with E-state index in [1.54, 1.807) is 17.8 Å². The van der Waals surface area contributed by atoms with Gasteiger partial charge in [0.15, 0.2) is 0 Å². The first-order valence-corrected chi connectivity index (χ1v) is 6.06. The van der Waals surface area contributed by atoms with Crippen LogP contribution in [0.3, 0.4) is 0 Å². The van der Waals surface area contributed by atoms with Crippen molar-refractivity contribution in [2.24, 2.45) is 0 Å². The fraction of sp³-hybridized carbons (Fsp3) is 0.600. The van der Waals surface area contributed by atoms with Crippen LogP contribution in [0.1, 0.15) is 19.8 Å². The van der Waals surface area contributed by atoms with E-state index in [1.165, 1.54) is 13.0 Å².